The Bertz CT molecular complexity index is 573. The van der Waals surface area contributed by atoms with Crippen LogP contribution in [0.4, 0.5) is 0 Å². The quantitative estimate of drug-likeness (QED) is 0.902. The first-order valence-corrected chi connectivity index (χ1v) is 7.97. The molecule has 2 unspecified atom stereocenters. The van der Waals surface area contributed by atoms with Gasteiger partial charge < -0.3 is 9.52 Å². The maximum Gasteiger partial charge on any atom is 0.123 e. The van der Waals surface area contributed by atoms with Crippen LogP contribution in [0, 0.1) is 0 Å². The lowest BCUT2D eigenvalue weighted by Crippen LogP contribution is -2.30. The van der Waals surface area contributed by atoms with E-state index >= 15 is 0 Å². The van der Waals surface area contributed by atoms with Crippen LogP contribution in [0.25, 0.3) is 0 Å². The molecule has 0 bridgehead atoms. The molecule has 0 amide bonds. The van der Waals surface area contributed by atoms with Gasteiger partial charge in [-0.25, -0.2) is 0 Å². The number of nitrogens with one attached hydrogen (secondary N) is 1. The first-order valence-electron chi connectivity index (χ1n) is 6.60. The smallest absolute Gasteiger partial charge is 0.123 e. The topological polar surface area (TPSA) is 45.4 Å². The second kappa shape index (κ2) is 6.22. The summed E-state index contributed by atoms with van der Waals surface area (Å²) in [7, 11) is 0. The van der Waals surface area contributed by atoms with Gasteiger partial charge in [-0.05, 0) is 48.1 Å². The monoisotopic (exact) mass is 309 g/mol. The zero-order chi connectivity index (χ0) is 13.9. The number of aliphatic hydroxyl groups is 1. The lowest BCUT2D eigenvalue weighted by atomic mass is 10.0. The van der Waals surface area contributed by atoms with Crippen LogP contribution in [0.15, 0.2) is 45.9 Å². The lowest BCUT2D eigenvalue weighted by Gasteiger charge is -2.29. The molecule has 0 fully saturated rings. The number of rotatable bonds is 4. The third kappa shape index (κ3) is 2.88. The number of benzene rings is 1. The number of fused-ring (bicyclic) bond motifs is 1. The van der Waals surface area contributed by atoms with Crippen LogP contribution < -0.4 is 5.32 Å². The Kier molecular flexibility index (Phi) is 4.36. The molecule has 0 radical (unpaired) electrons. The van der Waals surface area contributed by atoms with Gasteiger partial charge in [0.1, 0.15) is 5.76 Å². The molecule has 1 aromatic heterocycles. The molecule has 2 N–H and O–H groups in total. The minimum atomic E-state index is -0.190. The number of furan rings is 1. The van der Waals surface area contributed by atoms with Gasteiger partial charge in [0, 0.05) is 16.0 Å². The molecule has 2 atom stereocenters. The molecular formula is C15H16ClNO2S. The Morgan fingerprint density at radius 3 is 3.10 bits per heavy atom. The average molecular weight is 310 g/mol. The predicted octanol–water partition coefficient (Wildman–Crippen LogP) is 3.79. The second-order valence-corrected chi connectivity index (χ2v) is 6.36. The van der Waals surface area contributed by atoms with Crippen LogP contribution in [0.1, 0.15) is 29.8 Å². The highest BCUT2D eigenvalue weighted by Crippen LogP contribution is 2.38. The van der Waals surface area contributed by atoms with E-state index in [1.807, 2.05) is 36.0 Å². The van der Waals surface area contributed by atoms with Crippen molar-refractivity contribution < 1.29 is 9.52 Å². The third-order valence-electron chi connectivity index (χ3n) is 3.48. The van der Waals surface area contributed by atoms with Crippen molar-refractivity contribution in [1.82, 2.24) is 5.32 Å². The summed E-state index contributed by atoms with van der Waals surface area (Å²) >= 11 is 7.96. The number of thioether (sulfide) groups is 1. The molecule has 1 aliphatic rings. The summed E-state index contributed by atoms with van der Waals surface area (Å²) in [5.41, 5.74) is 1.21. The van der Waals surface area contributed by atoms with E-state index in [4.69, 9.17) is 16.0 Å². The van der Waals surface area contributed by atoms with Crippen molar-refractivity contribution in [1.29, 1.82) is 0 Å². The molecular weight excluding hydrogens is 294 g/mol. The SMILES string of the molecule is OCC(NC1CCSc2ccc(Cl)cc21)c1ccco1. The Hall–Kier alpha value is -0.940. The molecule has 1 aromatic carbocycles. The lowest BCUT2D eigenvalue weighted by molar-refractivity contribution is 0.213. The summed E-state index contributed by atoms with van der Waals surface area (Å²) in [6, 6.07) is 9.71. The van der Waals surface area contributed by atoms with Crippen molar-refractivity contribution in [2.75, 3.05) is 12.4 Å². The third-order valence-corrected chi connectivity index (χ3v) is 4.84. The van der Waals surface area contributed by atoms with E-state index < -0.39 is 0 Å². The summed E-state index contributed by atoms with van der Waals surface area (Å²) in [5.74, 6) is 1.82. The molecule has 20 heavy (non-hydrogen) atoms. The van der Waals surface area contributed by atoms with Gasteiger partial charge in [-0.15, -0.1) is 11.8 Å². The standard InChI is InChI=1S/C15H16ClNO2S/c16-10-3-4-15-11(8-10)12(5-7-20-15)17-13(9-18)14-2-1-6-19-14/h1-4,6,8,12-13,17-18H,5,7,9H2. The molecule has 106 valence electrons. The highest BCUT2D eigenvalue weighted by molar-refractivity contribution is 7.99. The van der Waals surface area contributed by atoms with Gasteiger partial charge in [0.2, 0.25) is 0 Å². The van der Waals surface area contributed by atoms with E-state index in [1.54, 1.807) is 6.26 Å². The van der Waals surface area contributed by atoms with Gasteiger partial charge in [-0.2, -0.15) is 0 Å². The van der Waals surface area contributed by atoms with E-state index in [2.05, 4.69) is 11.4 Å². The summed E-state index contributed by atoms with van der Waals surface area (Å²) < 4.78 is 5.39. The van der Waals surface area contributed by atoms with Crippen LogP contribution in [0.2, 0.25) is 5.02 Å². The van der Waals surface area contributed by atoms with Crippen molar-refractivity contribution in [3.05, 3.63) is 52.9 Å². The summed E-state index contributed by atoms with van der Waals surface area (Å²) in [5, 5.41) is 13.8. The Balaban J connectivity index is 1.83. The zero-order valence-electron chi connectivity index (χ0n) is 10.9. The summed E-state index contributed by atoms with van der Waals surface area (Å²) in [4.78, 5) is 1.26. The molecule has 1 aliphatic heterocycles. The average Bonchev–Trinajstić information content (AvgIpc) is 2.99. The van der Waals surface area contributed by atoms with Crippen molar-refractivity contribution >= 4 is 23.4 Å². The summed E-state index contributed by atoms with van der Waals surface area (Å²) in [6.45, 7) is 0.00700. The first kappa shape index (κ1) is 14.0. The second-order valence-electron chi connectivity index (χ2n) is 4.79. The first-order chi connectivity index (χ1) is 9.78. The van der Waals surface area contributed by atoms with Crippen molar-refractivity contribution in [3.8, 4) is 0 Å². The van der Waals surface area contributed by atoms with Crippen molar-refractivity contribution in [3.63, 3.8) is 0 Å². The number of halogens is 1. The molecule has 0 saturated carbocycles. The van der Waals surface area contributed by atoms with Crippen molar-refractivity contribution in [2.45, 2.75) is 23.4 Å². The highest BCUT2D eigenvalue weighted by atomic mass is 35.5. The Morgan fingerprint density at radius 2 is 2.35 bits per heavy atom. The number of aliphatic hydroxyl groups excluding tert-OH is 1. The predicted molar refractivity (Wildman–Crippen MR) is 81.2 cm³/mol. The molecule has 0 aliphatic carbocycles. The normalized spacial score (nSPS) is 19.6. The Labute approximate surface area is 127 Å². The fraction of sp³-hybridized carbons (Fsp3) is 0.333. The van der Waals surface area contributed by atoms with Gasteiger partial charge in [0.05, 0.1) is 18.9 Å². The van der Waals surface area contributed by atoms with Gasteiger partial charge >= 0.3 is 0 Å². The van der Waals surface area contributed by atoms with Crippen LogP contribution in [-0.2, 0) is 0 Å². The largest absolute Gasteiger partial charge is 0.468 e. The van der Waals surface area contributed by atoms with E-state index in [9.17, 15) is 5.11 Å². The van der Waals surface area contributed by atoms with Crippen LogP contribution in [0.3, 0.4) is 0 Å². The highest BCUT2D eigenvalue weighted by Gasteiger charge is 2.25. The van der Waals surface area contributed by atoms with Crippen molar-refractivity contribution in [2.24, 2.45) is 0 Å². The molecule has 3 nitrogen and oxygen atoms in total. The number of hydrogen-bond acceptors (Lipinski definition) is 4. The van der Waals surface area contributed by atoms with E-state index in [1.165, 1.54) is 10.5 Å². The molecule has 5 heteroatoms. The summed E-state index contributed by atoms with van der Waals surface area (Å²) in [6.07, 6.45) is 2.64. The van der Waals surface area contributed by atoms with Gasteiger partial charge in [0.25, 0.3) is 0 Å². The van der Waals surface area contributed by atoms with E-state index in [0.717, 1.165) is 23.0 Å². The van der Waals surface area contributed by atoms with Gasteiger partial charge in [0.15, 0.2) is 0 Å². The van der Waals surface area contributed by atoms with E-state index in [-0.39, 0.29) is 18.7 Å². The van der Waals surface area contributed by atoms with Crippen LogP contribution in [0.5, 0.6) is 0 Å². The van der Waals surface area contributed by atoms with Crippen LogP contribution in [-0.4, -0.2) is 17.5 Å². The minimum Gasteiger partial charge on any atom is -0.468 e. The molecule has 3 rings (SSSR count). The van der Waals surface area contributed by atoms with Gasteiger partial charge in [-0.1, -0.05) is 11.6 Å². The molecule has 2 heterocycles. The fourth-order valence-corrected chi connectivity index (χ4v) is 3.78. The maximum atomic E-state index is 9.58. The minimum absolute atomic E-state index is 0.00700. The molecule has 0 saturated heterocycles. The zero-order valence-corrected chi connectivity index (χ0v) is 12.5. The molecule has 2 aromatic rings. The van der Waals surface area contributed by atoms with E-state index in [0.29, 0.717) is 0 Å². The maximum absolute atomic E-state index is 9.58. The number of hydrogen-bond donors (Lipinski definition) is 2. The van der Waals surface area contributed by atoms with Gasteiger partial charge in [-0.3, -0.25) is 5.32 Å². The molecule has 0 spiro atoms. The fourth-order valence-electron chi connectivity index (χ4n) is 2.50. The Morgan fingerprint density at radius 1 is 1.45 bits per heavy atom. The van der Waals surface area contributed by atoms with Crippen LogP contribution >= 0.6 is 23.4 Å².